The third kappa shape index (κ3) is 6.25. The second kappa shape index (κ2) is 11.3. The number of imidazole rings is 1. The van der Waals surface area contributed by atoms with Crippen LogP contribution in [0.1, 0.15) is 26.6 Å². The minimum Gasteiger partial charge on any atom is -0.506 e. The first kappa shape index (κ1) is 23.3. The summed E-state index contributed by atoms with van der Waals surface area (Å²) < 4.78 is 2.19. The Hall–Kier alpha value is -1.97. The Balaban J connectivity index is 0.00000300. The van der Waals surface area contributed by atoms with Gasteiger partial charge < -0.3 is 24.8 Å². The normalized spacial score (nSPS) is 14.8. The minimum absolute atomic E-state index is 0. The van der Waals surface area contributed by atoms with Gasteiger partial charge in [-0.3, -0.25) is 0 Å². The predicted molar refractivity (Wildman–Crippen MR) is 129 cm³/mol. The molecule has 1 aliphatic heterocycles. The zero-order valence-corrected chi connectivity index (χ0v) is 19.9. The molecule has 0 unspecified atom stereocenters. The van der Waals surface area contributed by atoms with E-state index in [1.807, 2.05) is 30.6 Å². The van der Waals surface area contributed by atoms with Crippen LogP contribution in [-0.4, -0.2) is 58.2 Å². The number of aliphatic imine (C=N–C) groups is 1. The minimum atomic E-state index is 0. The summed E-state index contributed by atoms with van der Waals surface area (Å²) in [5, 5.41) is 13.5. The quantitative estimate of drug-likeness (QED) is 0.354. The molecule has 0 aliphatic carbocycles. The Morgan fingerprint density at radius 2 is 1.93 bits per heavy atom. The van der Waals surface area contributed by atoms with E-state index in [1.165, 1.54) is 0 Å². The van der Waals surface area contributed by atoms with Crippen LogP contribution in [0.2, 0.25) is 0 Å². The number of nitrogens with zero attached hydrogens (tertiary/aromatic N) is 5. The molecule has 2 aromatic rings. The van der Waals surface area contributed by atoms with E-state index in [0.29, 0.717) is 18.2 Å². The van der Waals surface area contributed by atoms with Gasteiger partial charge in [0.25, 0.3) is 0 Å². The van der Waals surface area contributed by atoms with E-state index in [-0.39, 0.29) is 24.0 Å². The van der Waals surface area contributed by atoms with Gasteiger partial charge in [-0.2, -0.15) is 0 Å². The van der Waals surface area contributed by atoms with E-state index in [0.717, 1.165) is 56.7 Å². The van der Waals surface area contributed by atoms with Crippen molar-refractivity contribution in [2.75, 3.05) is 37.6 Å². The second-order valence-electron chi connectivity index (χ2n) is 7.52. The zero-order chi connectivity index (χ0) is 19.9. The van der Waals surface area contributed by atoms with Crippen molar-refractivity contribution < 1.29 is 5.11 Å². The number of aromatic hydroxyl groups is 1. The smallest absolute Gasteiger partial charge is 0.194 e. The number of hydrogen-bond acceptors (Lipinski definition) is 4. The van der Waals surface area contributed by atoms with Gasteiger partial charge in [-0.15, -0.1) is 24.0 Å². The Morgan fingerprint density at radius 3 is 2.59 bits per heavy atom. The molecule has 2 N–H and O–H groups in total. The van der Waals surface area contributed by atoms with Crippen LogP contribution >= 0.6 is 24.0 Å². The first-order valence-electron chi connectivity index (χ1n) is 10.1. The van der Waals surface area contributed by atoms with Gasteiger partial charge in [-0.05, 0) is 25.0 Å². The fourth-order valence-corrected chi connectivity index (χ4v) is 3.51. The first-order chi connectivity index (χ1) is 13.6. The summed E-state index contributed by atoms with van der Waals surface area (Å²) in [5.74, 6) is 2.84. The maximum absolute atomic E-state index is 10.1. The molecule has 3 rings (SSSR count). The summed E-state index contributed by atoms with van der Waals surface area (Å²) in [5.41, 5.74) is 0.903. The Labute approximate surface area is 190 Å². The van der Waals surface area contributed by atoms with E-state index in [9.17, 15) is 5.11 Å². The maximum Gasteiger partial charge on any atom is 0.194 e. The maximum atomic E-state index is 10.1. The number of phenolic OH excluding ortho intramolecular Hbond substituents is 1. The highest BCUT2D eigenvalue weighted by Gasteiger charge is 2.21. The number of halogens is 1. The van der Waals surface area contributed by atoms with Gasteiger partial charge in [0.1, 0.15) is 18.1 Å². The van der Waals surface area contributed by atoms with E-state index in [1.54, 1.807) is 6.07 Å². The van der Waals surface area contributed by atoms with Gasteiger partial charge in [0.05, 0.1) is 5.69 Å². The largest absolute Gasteiger partial charge is 0.506 e. The van der Waals surface area contributed by atoms with Gasteiger partial charge >= 0.3 is 0 Å². The number of guanidine groups is 1. The molecule has 8 heteroatoms. The average Bonchev–Trinajstić information content (AvgIpc) is 3.12. The molecule has 0 amide bonds. The lowest BCUT2D eigenvalue weighted by Crippen LogP contribution is -2.52. The number of phenols is 1. The summed E-state index contributed by atoms with van der Waals surface area (Å²) in [6.45, 7) is 12.3. The van der Waals surface area contributed by atoms with Crippen molar-refractivity contribution in [3.63, 3.8) is 0 Å². The molecule has 1 aromatic carbocycles. The van der Waals surface area contributed by atoms with E-state index in [2.05, 4.69) is 45.4 Å². The molecule has 7 nitrogen and oxygen atoms in total. The Kier molecular flexibility index (Phi) is 9.06. The van der Waals surface area contributed by atoms with Gasteiger partial charge in [0.15, 0.2) is 5.96 Å². The van der Waals surface area contributed by atoms with E-state index in [4.69, 9.17) is 4.99 Å². The lowest BCUT2D eigenvalue weighted by atomic mass is 10.2. The molecular formula is C21H33IN6O. The molecule has 160 valence electrons. The summed E-state index contributed by atoms with van der Waals surface area (Å²) in [4.78, 5) is 13.8. The third-order valence-corrected chi connectivity index (χ3v) is 4.87. The molecule has 29 heavy (non-hydrogen) atoms. The van der Waals surface area contributed by atoms with Crippen molar-refractivity contribution in [2.45, 2.75) is 33.9 Å². The standard InChI is InChI=1S/C21H32N6O.HI/c1-4-22-21(24-15-20-23-9-10-27(20)16-17(2)3)26-13-11-25(12-14-26)18-7-5-6-8-19(18)28;/h5-10,17,28H,4,11-16H2,1-3H3,(H,22,24);1H. The van der Waals surface area contributed by atoms with Crippen LogP contribution in [0.25, 0.3) is 0 Å². The van der Waals surface area contributed by atoms with Gasteiger partial charge in [-0.1, -0.05) is 26.0 Å². The van der Waals surface area contributed by atoms with Crippen molar-refractivity contribution in [1.29, 1.82) is 0 Å². The van der Waals surface area contributed by atoms with Crippen molar-refractivity contribution >= 4 is 35.6 Å². The molecule has 0 radical (unpaired) electrons. The van der Waals surface area contributed by atoms with Crippen molar-refractivity contribution in [2.24, 2.45) is 10.9 Å². The van der Waals surface area contributed by atoms with Crippen LogP contribution < -0.4 is 10.2 Å². The van der Waals surface area contributed by atoms with Crippen molar-refractivity contribution in [3.8, 4) is 5.75 Å². The fourth-order valence-electron chi connectivity index (χ4n) is 3.51. The molecule has 0 atom stereocenters. The highest BCUT2D eigenvalue weighted by atomic mass is 127. The van der Waals surface area contributed by atoms with Crippen molar-refractivity contribution in [1.82, 2.24) is 19.8 Å². The third-order valence-electron chi connectivity index (χ3n) is 4.87. The number of anilines is 1. The number of benzene rings is 1. The number of piperazine rings is 1. The van der Waals surface area contributed by atoms with Gasteiger partial charge in [0, 0.05) is 51.7 Å². The number of para-hydroxylation sites is 2. The summed E-state index contributed by atoms with van der Waals surface area (Å²) in [6, 6.07) is 7.53. The first-order valence-corrected chi connectivity index (χ1v) is 10.1. The molecule has 0 spiro atoms. The van der Waals surface area contributed by atoms with Crippen LogP contribution in [-0.2, 0) is 13.1 Å². The molecule has 2 heterocycles. The summed E-state index contributed by atoms with van der Waals surface area (Å²) >= 11 is 0. The van der Waals surface area contributed by atoms with Gasteiger partial charge in [0.2, 0.25) is 0 Å². The fraction of sp³-hybridized carbons (Fsp3) is 0.524. The molecule has 1 saturated heterocycles. The Morgan fingerprint density at radius 1 is 1.21 bits per heavy atom. The number of aromatic nitrogens is 2. The monoisotopic (exact) mass is 512 g/mol. The highest BCUT2D eigenvalue weighted by Crippen LogP contribution is 2.27. The molecule has 0 bridgehead atoms. The van der Waals surface area contributed by atoms with Crippen LogP contribution in [0.3, 0.4) is 0 Å². The molecule has 0 saturated carbocycles. The second-order valence-corrected chi connectivity index (χ2v) is 7.52. The molecule has 1 aliphatic rings. The van der Waals surface area contributed by atoms with Crippen LogP contribution in [0.5, 0.6) is 5.75 Å². The SMILES string of the molecule is CCNC(=NCc1nccn1CC(C)C)N1CCN(c2ccccc2O)CC1.I. The molecule has 1 fully saturated rings. The van der Waals surface area contributed by atoms with Crippen LogP contribution in [0, 0.1) is 5.92 Å². The number of rotatable bonds is 6. The molecule has 1 aromatic heterocycles. The summed E-state index contributed by atoms with van der Waals surface area (Å²) in [6.07, 6.45) is 3.88. The Bertz CT molecular complexity index is 783. The topological polar surface area (TPSA) is 68.9 Å². The summed E-state index contributed by atoms with van der Waals surface area (Å²) in [7, 11) is 0. The van der Waals surface area contributed by atoms with Crippen LogP contribution in [0.15, 0.2) is 41.7 Å². The van der Waals surface area contributed by atoms with Gasteiger partial charge in [-0.25, -0.2) is 9.98 Å². The number of hydrogen-bond donors (Lipinski definition) is 2. The lowest BCUT2D eigenvalue weighted by molar-refractivity contribution is 0.369. The van der Waals surface area contributed by atoms with E-state index < -0.39 is 0 Å². The average molecular weight is 512 g/mol. The predicted octanol–water partition coefficient (Wildman–Crippen LogP) is 3.15. The zero-order valence-electron chi connectivity index (χ0n) is 17.6. The molecular weight excluding hydrogens is 479 g/mol. The number of nitrogens with one attached hydrogen (secondary N) is 1. The highest BCUT2D eigenvalue weighted by molar-refractivity contribution is 14.0. The van der Waals surface area contributed by atoms with Crippen molar-refractivity contribution in [3.05, 3.63) is 42.5 Å². The van der Waals surface area contributed by atoms with E-state index >= 15 is 0 Å². The lowest BCUT2D eigenvalue weighted by Gasteiger charge is -2.37. The van der Waals surface area contributed by atoms with Crippen LogP contribution in [0.4, 0.5) is 5.69 Å².